The molecule has 2 atom stereocenters. The summed E-state index contributed by atoms with van der Waals surface area (Å²) in [6.07, 6.45) is 8.66. The van der Waals surface area contributed by atoms with E-state index < -0.39 is 48.4 Å². The molecule has 1 fully saturated rings. The molecule has 0 aromatic heterocycles. The first-order valence-corrected chi connectivity index (χ1v) is 22.5. The van der Waals surface area contributed by atoms with Crippen molar-refractivity contribution in [3.8, 4) is 23.0 Å². The minimum Gasteiger partial charge on any atom is -0.494 e. The third kappa shape index (κ3) is 18.2. The monoisotopic (exact) mass is 936 g/mol. The topological polar surface area (TPSA) is 195 Å². The number of esters is 6. The predicted octanol–water partition coefficient (Wildman–Crippen LogP) is 8.95. The maximum absolute atomic E-state index is 13.1. The van der Waals surface area contributed by atoms with E-state index in [2.05, 4.69) is 13.2 Å². The Labute approximate surface area is 395 Å². The Kier molecular flexibility index (Phi) is 21.8. The summed E-state index contributed by atoms with van der Waals surface area (Å²) < 4.78 is 54.5. The fraction of sp³-hybridized carbons (Fsp3) is 0.346. The van der Waals surface area contributed by atoms with Crippen LogP contribution >= 0.6 is 0 Å². The second kappa shape index (κ2) is 28.7. The van der Waals surface area contributed by atoms with Crippen LogP contribution in [0.5, 0.6) is 23.0 Å². The number of rotatable bonds is 28. The van der Waals surface area contributed by atoms with Gasteiger partial charge in [0.05, 0.1) is 61.9 Å². The number of ether oxygens (including phenoxy) is 10. The van der Waals surface area contributed by atoms with E-state index in [0.717, 1.165) is 76.4 Å². The van der Waals surface area contributed by atoms with Crippen molar-refractivity contribution in [3.63, 3.8) is 0 Å². The van der Waals surface area contributed by atoms with Gasteiger partial charge in [0.25, 0.3) is 12.6 Å². The molecule has 0 aliphatic carbocycles. The summed E-state index contributed by atoms with van der Waals surface area (Å²) >= 11 is 0. The lowest BCUT2D eigenvalue weighted by Crippen LogP contribution is -2.44. The molecule has 0 spiro atoms. The molecule has 0 amide bonds. The molecular weight excluding hydrogens is 881 g/mol. The molecule has 1 aliphatic heterocycles. The fourth-order valence-corrected chi connectivity index (χ4v) is 6.35. The van der Waals surface area contributed by atoms with Gasteiger partial charge in [-0.3, -0.25) is 0 Å². The molecule has 1 heterocycles. The van der Waals surface area contributed by atoms with Crippen LogP contribution in [-0.2, 0) is 38.0 Å². The van der Waals surface area contributed by atoms with Gasteiger partial charge < -0.3 is 47.4 Å². The van der Waals surface area contributed by atoms with Crippen molar-refractivity contribution in [2.45, 2.75) is 76.8 Å². The Bertz CT molecular complexity index is 2090. The summed E-state index contributed by atoms with van der Waals surface area (Å²) in [5.41, 5.74) is 0.818. The minimum absolute atomic E-state index is 0.0727. The summed E-state index contributed by atoms with van der Waals surface area (Å²) in [5.74, 6) is -2.03. The van der Waals surface area contributed by atoms with Gasteiger partial charge in [-0.1, -0.05) is 51.7 Å². The van der Waals surface area contributed by atoms with E-state index in [1.54, 1.807) is 48.5 Å². The van der Waals surface area contributed by atoms with Crippen LogP contribution in [0.25, 0.3) is 0 Å². The second-order valence-electron chi connectivity index (χ2n) is 15.1. The second-order valence-corrected chi connectivity index (χ2v) is 15.1. The molecule has 0 N–H and O–H groups in total. The molecule has 1 aliphatic rings. The van der Waals surface area contributed by atoms with Crippen molar-refractivity contribution in [2.24, 2.45) is 0 Å². The highest BCUT2D eigenvalue weighted by atomic mass is 16.8. The predicted molar refractivity (Wildman–Crippen MR) is 245 cm³/mol. The van der Waals surface area contributed by atoms with Gasteiger partial charge in [-0.25, -0.2) is 28.8 Å². The Morgan fingerprint density at radius 3 is 1.04 bits per heavy atom. The SMILES string of the molecule is C=CC(=O)OCCCCCCCOc1ccc(C(=O)Oc2ccc(C(=O)O[C@H]3OCCO[C@@H]3OC(=O)c3ccc(OC(=O)c4ccc(OCCCCCCCOC(=O)C=C)cc4)cc3)cc2)cc1. The number of carbonyl (C=O) groups excluding carboxylic acids is 6. The number of unbranched alkanes of at least 4 members (excludes halogenated alkanes) is 8. The molecule has 4 aromatic rings. The van der Waals surface area contributed by atoms with Gasteiger partial charge in [0.15, 0.2) is 0 Å². The van der Waals surface area contributed by atoms with Crippen molar-refractivity contribution in [2.75, 3.05) is 39.6 Å². The molecule has 4 aromatic carbocycles. The third-order valence-electron chi connectivity index (χ3n) is 10.0. The summed E-state index contributed by atoms with van der Waals surface area (Å²) in [6, 6.07) is 24.5. The van der Waals surface area contributed by atoms with Crippen LogP contribution in [0.4, 0.5) is 0 Å². The molecule has 16 nitrogen and oxygen atoms in total. The van der Waals surface area contributed by atoms with Crippen LogP contribution in [0.2, 0.25) is 0 Å². The number of hydrogen-bond donors (Lipinski definition) is 0. The first kappa shape index (κ1) is 51.7. The summed E-state index contributed by atoms with van der Waals surface area (Å²) in [5, 5.41) is 0. The molecule has 0 saturated carbocycles. The van der Waals surface area contributed by atoms with Crippen LogP contribution in [-0.4, -0.2) is 88.0 Å². The lowest BCUT2D eigenvalue weighted by atomic mass is 10.1. The maximum atomic E-state index is 13.1. The molecule has 68 heavy (non-hydrogen) atoms. The fourth-order valence-electron chi connectivity index (χ4n) is 6.35. The first-order chi connectivity index (χ1) is 33.1. The van der Waals surface area contributed by atoms with Crippen molar-refractivity contribution in [1.29, 1.82) is 0 Å². The number of carbonyl (C=O) groups is 6. The summed E-state index contributed by atoms with van der Waals surface area (Å²) in [4.78, 5) is 73.8. The minimum atomic E-state index is -1.38. The zero-order valence-electron chi connectivity index (χ0n) is 37.8. The average Bonchev–Trinajstić information content (AvgIpc) is 3.36. The molecule has 16 heteroatoms. The number of benzene rings is 4. The standard InChI is InChI=1S/C52H56O16/c1-3-45(53)61-33-13-9-5-7-11-31-59-41-23-15-37(16-24-41)47(55)65-43-27-19-39(20-28-43)49(57)67-51-52(64-36-35-63-51)68-50(58)40-21-29-44(30-22-40)66-48(56)38-17-25-42(26-18-38)60-32-12-8-6-10-14-34-62-46(54)4-2/h3-4,15-30,51-52H,1-2,5-14,31-36H2/t51-,52-/m1/s1. The van der Waals surface area contributed by atoms with Gasteiger partial charge in [-0.15, -0.1) is 0 Å². The van der Waals surface area contributed by atoms with Crippen LogP contribution < -0.4 is 18.9 Å². The van der Waals surface area contributed by atoms with Gasteiger partial charge in [0.2, 0.25) is 0 Å². The lowest BCUT2D eigenvalue weighted by Gasteiger charge is -2.30. The molecule has 1 saturated heterocycles. The van der Waals surface area contributed by atoms with Gasteiger partial charge in [0, 0.05) is 12.2 Å². The Balaban J connectivity index is 0.985. The van der Waals surface area contributed by atoms with Crippen LogP contribution in [0, 0.1) is 0 Å². The lowest BCUT2D eigenvalue weighted by molar-refractivity contribution is -0.288. The highest BCUT2D eigenvalue weighted by Gasteiger charge is 2.34. The first-order valence-electron chi connectivity index (χ1n) is 22.5. The van der Waals surface area contributed by atoms with E-state index in [0.29, 0.717) is 49.1 Å². The van der Waals surface area contributed by atoms with Crippen LogP contribution in [0.1, 0.15) is 106 Å². The van der Waals surface area contributed by atoms with Crippen LogP contribution in [0.15, 0.2) is 122 Å². The highest BCUT2D eigenvalue weighted by molar-refractivity contribution is 5.93. The van der Waals surface area contributed by atoms with Crippen molar-refractivity contribution in [1.82, 2.24) is 0 Å². The van der Waals surface area contributed by atoms with E-state index in [1.807, 2.05) is 0 Å². The van der Waals surface area contributed by atoms with E-state index in [-0.39, 0.29) is 35.8 Å². The maximum Gasteiger partial charge on any atom is 0.343 e. The van der Waals surface area contributed by atoms with E-state index >= 15 is 0 Å². The van der Waals surface area contributed by atoms with Gasteiger partial charge >= 0.3 is 35.8 Å². The largest absolute Gasteiger partial charge is 0.494 e. The Morgan fingerprint density at radius 2 is 0.706 bits per heavy atom. The Morgan fingerprint density at radius 1 is 0.412 bits per heavy atom. The van der Waals surface area contributed by atoms with Gasteiger partial charge in [-0.2, -0.15) is 0 Å². The molecule has 0 bridgehead atoms. The molecule has 0 radical (unpaired) electrons. The zero-order valence-corrected chi connectivity index (χ0v) is 37.8. The van der Waals surface area contributed by atoms with Crippen molar-refractivity contribution >= 4 is 35.8 Å². The molecule has 360 valence electrons. The van der Waals surface area contributed by atoms with E-state index in [4.69, 9.17) is 47.4 Å². The summed E-state index contributed by atoms with van der Waals surface area (Å²) in [6.45, 7) is 8.69. The quantitative estimate of drug-likeness (QED) is 0.0172. The molecular formula is C52H56O16. The van der Waals surface area contributed by atoms with E-state index in [9.17, 15) is 28.8 Å². The summed E-state index contributed by atoms with van der Waals surface area (Å²) in [7, 11) is 0. The third-order valence-corrected chi connectivity index (χ3v) is 10.0. The van der Waals surface area contributed by atoms with Crippen LogP contribution in [0.3, 0.4) is 0 Å². The van der Waals surface area contributed by atoms with Gasteiger partial charge in [-0.05, 0) is 123 Å². The zero-order chi connectivity index (χ0) is 48.4. The highest BCUT2D eigenvalue weighted by Crippen LogP contribution is 2.23. The number of hydrogen-bond acceptors (Lipinski definition) is 16. The normalized spacial score (nSPS) is 14.1. The molecule has 0 unspecified atom stereocenters. The van der Waals surface area contributed by atoms with E-state index in [1.165, 1.54) is 48.5 Å². The molecule has 5 rings (SSSR count). The smallest absolute Gasteiger partial charge is 0.343 e. The van der Waals surface area contributed by atoms with Gasteiger partial charge in [0.1, 0.15) is 23.0 Å². The Hall–Kier alpha value is -7.30. The van der Waals surface area contributed by atoms with Crippen molar-refractivity contribution < 1.29 is 76.1 Å². The average molecular weight is 937 g/mol. The van der Waals surface area contributed by atoms with Crippen molar-refractivity contribution in [3.05, 3.63) is 145 Å².